The molecule has 0 bridgehead atoms. The molecule has 1 aliphatic rings. The summed E-state index contributed by atoms with van der Waals surface area (Å²) in [5, 5.41) is 3.36. The van der Waals surface area contributed by atoms with Gasteiger partial charge in [-0.05, 0) is 42.6 Å². The first-order valence-corrected chi connectivity index (χ1v) is 7.68. The average molecular weight is 311 g/mol. The summed E-state index contributed by atoms with van der Waals surface area (Å²) in [6.45, 7) is 10.0. The third kappa shape index (κ3) is 3.81. The highest BCUT2D eigenvalue weighted by atomic mass is 79.9. The van der Waals surface area contributed by atoms with E-state index in [1.165, 1.54) is 35.1 Å². The predicted molar refractivity (Wildman–Crippen MR) is 80.6 cm³/mol. The van der Waals surface area contributed by atoms with Crippen molar-refractivity contribution in [3.63, 3.8) is 0 Å². The SMILES string of the molecule is CCNCc1ccc(CN2CCC(C)C2)c(Br)c1. The Hall–Kier alpha value is -0.380. The largest absolute Gasteiger partial charge is 0.313 e. The second kappa shape index (κ2) is 6.69. The number of likely N-dealkylation sites (tertiary alicyclic amines) is 1. The lowest BCUT2D eigenvalue weighted by Crippen LogP contribution is -2.20. The number of hydrogen-bond acceptors (Lipinski definition) is 2. The van der Waals surface area contributed by atoms with Crippen LogP contribution >= 0.6 is 15.9 Å². The Morgan fingerprint density at radius 2 is 2.28 bits per heavy atom. The highest BCUT2D eigenvalue weighted by Gasteiger charge is 2.19. The van der Waals surface area contributed by atoms with Crippen LogP contribution in [0, 0.1) is 5.92 Å². The fourth-order valence-electron chi connectivity index (χ4n) is 2.51. The van der Waals surface area contributed by atoms with Gasteiger partial charge in [0.15, 0.2) is 0 Å². The molecule has 1 unspecified atom stereocenters. The zero-order chi connectivity index (χ0) is 13.0. The van der Waals surface area contributed by atoms with E-state index in [0.29, 0.717) is 0 Å². The Morgan fingerprint density at radius 3 is 2.89 bits per heavy atom. The van der Waals surface area contributed by atoms with E-state index in [9.17, 15) is 0 Å². The first-order chi connectivity index (χ1) is 8.69. The minimum atomic E-state index is 0.858. The van der Waals surface area contributed by atoms with Crippen molar-refractivity contribution in [3.8, 4) is 0 Å². The monoisotopic (exact) mass is 310 g/mol. The molecule has 2 nitrogen and oxygen atoms in total. The topological polar surface area (TPSA) is 15.3 Å². The summed E-state index contributed by atoms with van der Waals surface area (Å²) < 4.78 is 1.25. The zero-order valence-electron chi connectivity index (χ0n) is 11.4. The fraction of sp³-hybridized carbons (Fsp3) is 0.600. The van der Waals surface area contributed by atoms with Crippen LogP contribution in [-0.4, -0.2) is 24.5 Å². The normalized spacial score (nSPS) is 20.5. The summed E-state index contributed by atoms with van der Waals surface area (Å²) in [6.07, 6.45) is 1.34. The molecule has 1 N–H and O–H groups in total. The second-order valence-corrected chi connectivity index (χ2v) is 6.19. The van der Waals surface area contributed by atoms with Gasteiger partial charge in [-0.3, -0.25) is 4.90 Å². The smallest absolute Gasteiger partial charge is 0.0245 e. The lowest BCUT2D eigenvalue weighted by atomic mass is 10.1. The molecule has 0 aromatic heterocycles. The quantitative estimate of drug-likeness (QED) is 0.896. The van der Waals surface area contributed by atoms with Crippen molar-refractivity contribution in [2.75, 3.05) is 19.6 Å². The Balaban J connectivity index is 1.96. The summed E-state index contributed by atoms with van der Waals surface area (Å²) in [5.41, 5.74) is 2.76. The highest BCUT2D eigenvalue weighted by Crippen LogP contribution is 2.23. The van der Waals surface area contributed by atoms with E-state index >= 15 is 0 Å². The van der Waals surface area contributed by atoms with Crippen LogP contribution in [0.3, 0.4) is 0 Å². The lowest BCUT2D eigenvalue weighted by molar-refractivity contribution is 0.320. The van der Waals surface area contributed by atoms with Crippen LogP contribution in [0.15, 0.2) is 22.7 Å². The van der Waals surface area contributed by atoms with Crippen molar-refractivity contribution in [2.45, 2.75) is 33.4 Å². The average Bonchev–Trinajstić information content (AvgIpc) is 2.75. The molecule has 2 rings (SSSR count). The molecule has 1 aliphatic heterocycles. The van der Waals surface area contributed by atoms with Crippen molar-refractivity contribution < 1.29 is 0 Å². The van der Waals surface area contributed by atoms with Gasteiger partial charge in [-0.1, -0.05) is 41.9 Å². The molecular formula is C15H23BrN2. The van der Waals surface area contributed by atoms with E-state index in [4.69, 9.17) is 0 Å². The van der Waals surface area contributed by atoms with Crippen LogP contribution in [0.2, 0.25) is 0 Å². The number of halogens is 1. The Labute approximate surface area is 119 Å². The number of hydrogen-bond donors (Lipinski definition) is 1. The van der Waals surface area contributed by atoms with Crippen LogP contribution in [0.4, 0.5) is 0 Å². The van der Waals surface area contributed by atoms with Crippen molar-refractivity contribution in [2.24, 2.45) is 5.92 Å². The van der Waals surface area contributed by atoms with E-state index in [1.807, 2.05) is 0 Å². The van der Waals surface area contributed by atoms with Gasteiger partial charge in [0.05, 0.1) is 0 Å². The third-order valence-corrected chi connectivity index (χ3v) is 4.34. The summed E-state index contributed by atoms with van der Waals surface area (Å²) in [4.78, 5) is 2.55. The van der Waals surface area contributed by atoms with E-state index in [0.717, 1.165) is 25.6 Å². The fourth-order valence-corrected chi connectivity index (χ4v) is 3.06. The van der Waals surface area contributed by atoms with Gasteiger partial charge in [-0.15, -0.1) is 0 Å². The van der Waals surface area contributed by atoms with Crippen molar-refractivity contribution in [1.82, 2.24) is 10.2 Å². The number of rotatable bonds is 5. The van der Waals surface area contributed by atoms with Gasteiger partial charge in [-0.2, -0.15) is 0 Å². The Morgan fingerprint density at radius 1 is 1.44 bits per heavy atom. The molecule has 18 heavy (non-hydrogen) atoms. The van der Waals surface area contributed by atoms with Gasteiger partial charge in [0.1, 0.15) is 0 Å². The molecule has 3 heteroatoms. The minimum Gasteiger partial charge on any atom is -0.313 e. The number of nitrogens with one attached hydrogen (secondary N) is 1. The van der Waals surface area contributed by atoms with Gasteiger partial charge in [0.2, 0.25) is 0 Å². The van der Waals surface area contributed by atoms with Gasteiger partial charge in [0.25, 0.3) is 0 Å². The Kier molecular flexibility index (Phi) is 5.22. The molecular weight excluding hydrogens is 288 g/mol. The van der Waals surface area contributed by atoms with E-state index in [1.54, 1.807) is 0 Å². The first-order valence-electron chi connectivity index (χ1n) is 6.89. The van der Waals surface area contributed by atoms with Gasteiger partial charge in [0, 0.05) is 24.1 Å². The van der Waals surface area contributed by atoms with E-state index in [-0.39, 0.29) is 0 Å². The maximum atomic E-state index is 3.71. The van der Waals surface area contributed by atoms with Crippen molar-refractivity contribution >= 4 is 15.9 Å². The molecule has 0 saturated carbocycles. The van der Waals surface area contributed by atoms with Crippen molar-refractivity contribution in [1.29, 1.82) is 0 Å². The Bertz CT molecular complexity index is 392. The molecule has 100 valence electrons. The van der Waals surface area contributed by atoms with Crippen LogP contribution in [0.1, 0.15) is 31.4 Å². The molecule has 1 atom stereocenters. The lowest BCUT2D eigenvalue weighted by Gasteiger charge is -2.17. The third-order valence-electron chi connectivity index (χ3n) is 3.60. The molecule has 1 aromatic rings. The van der Waals surface area contributed by atoms with E-state index < -0.39 is 0 Å². The second-order valence-electron chi connectivity index (χ2n) is 5.34. The summed E-state index contributed by atoms with van der Waals surface area (Å²) in [6, 6.07) is 6.75. The first kappa shape index (κ1) is 14.0. The van der Waals surface area contributed by atoms with Gasteiger partial charge < -0.3 is 5.32 Å². The highest BCUT2D eigenvalue weighted by molar-refractivity contribution is 9.10. The molecule has 0 aliphatic carbocycles. The maximum Gasteiger partial charge on any atom is 0.0245 e. The molecule has 1 heterocycles. The summed E-state index contributed by atoms with van der Waals surface area (Å²) in [7, 11) is 0. The molecule has 0 radical (unpaired) electrons. The number of nitrogens with zero attached hydrogens (tertiary/aromatic N) is 1. The van der Waals surface area contributed by atoms with Crippen molar-refractivity contribution in [3.05, 3.63) is 33.8 Å². The van der Waals surface area contributed by atoms with E-state index in [2.05, 4.69) is 58.2 Å². The maximum absolute atomic E-state index is 3.71. The minimum absolute atomic E-state index is 0.858. The van der Waals surface area contributed by atoms with Crippen LogP contribution in [0.5, 0.6) is 0 Å². The summed E-state index contributed by atoms with van der Waals surface area (Å²) in [5.74, 6) is 0.858. The molecule has 0 spiro atoms. The predicted octanol–water partition coefficient (Wildman–Crippen LogP) is 3.40. The molecule has 0 amide bonds. The van der Waals surface area contributed by atoms with Crippen LogP contribution in [0.25, 0.3) is 0 Å². The number of benzene rings is 1. The standard InChI is InChI=1S/C15H23BrN2/c1-3-17-9-13-4-5-14(15(16)8-13)11-18-7-6-12(2)10-18/h4-5,8,12,17H,3,6-7,9-11H2,1-2H3. The van der Waals surface area contributed by atoms with Gasteiger partial charge >= 0.3 is 0 Å². The zero-order valence-corrected chi connectivity index (χ0v) is 13.0. The molecule has 1 aromatic carbocycles. The molecule has 1 saturated heterocycles. The molecule has 1 fully saturated rings. The summed E-state index contributed by atoms with van der Waals surface area (Å²) >= 11 is 3.71. The van der Waals surface area contributed by atoms with Crippen LogP contribution in [-0.2, 0) is 13.1 Å². The van der Waals surface area contributed by atoms with Gasteiger partial charge in [-0.25, -0.2) is 0 Å². The van der Waals surface area contributed by atoms with Crippen LogP contribution < -0.4 is 5.32 Å².